The third-order valence-electron chi connectivity index (χ3n) is 3.67. The number of nitrogens with zero attached hydrogens (tertiary/aromatic N) is 4. The summed E-state index contributed by atoms with van der Waals surface area (Å²) in [4.78, 5) is 22.9. The number of nitriles is 1. The number of aromatic nitrogens is 2. The minimum absolute atomic E-state index is 0.139. The molecule has 1 aromatic heterocycles. The smallest absolute Gasteiger partial charge is 0.272 e. The number of morpholine rings is 1. The van der Waals surface area contributed by atoms with Crippen LogP contribution in [0.15, 0.2) is 30.3 Å². The maximum atomic E-state index is 12.6. The topological polar surface area (TPSA) is 91.1 Å². The van der Waals surface area contributed by atoms with Crippen molar-refractivity contribution in [2.75, 3.05) is 31.6 Å². The van der Waals surface area contributed by atoms with Gasteiger partial charge in [0.1, 0.15) is 11.8 Å². The van der Waals surface area contributed by atoms with Gasteiger partial charge >= 0.3 is 0 Å². The first-order valence-corrected chi connectivity index (χ1v) is 7.66. The Morgan fingerprint density at radius 2 is 2.04 bits per heavy atom. The van der Waals surface area contributed by atoms with Crippen LogP contribution in [0.25, 0.3) is 0 Å². The summed E-state index contributed by atoms with van der Waals surface area (Å²) in [6, 6.07) is 10.9. The predicted molar refractivity (Wildman–Crippen MR) is 87.9 cm³/mol. The van der Waals surface area contributed by atoms with Crippen molar-refractivity contribution in [2.24, 2.45) is 0 Å². The zero-order valence-corrected chi connectivity index (χ0v) is 13.3. The van der Waals surface area contributed by atoms with Crippen molar-refractivity contribution < 1.29 is 9.53 Å². The van der Waals surface area contributed by atoms with Crippen LogP contribution in [-0.4, -0.2) is 47.1 Å². The van der Waals surface area contributed by atoms with E-state index in [2.05, 4.69) is 21.4 Å². The number of amides is 1. The molecule has 1 fully saturated rings. The highest BCUT2D eigenvalue weighted by Crippen LogP contribution is 2.18. The highest BCUT2D eigenvalue weighted by atomic mass is 16.5. The van der Waals surface area contributed by atoms with E-state index in [0.29, 0.717) is 54.9 Å². The van der Waals surface area contributed by atoms with Gasteiger partial charge in [0.2, 0.25) is 5.95 Å². The first-order valence-electron chi connectivity index (χ1n) is 7.66. The van der Waals surface area contributed by atoms with Gasteiger partial charge in [0, 0.05) is 18.8 Å². The lowest BCUT2D eigenvalue weighted by molar-refractivity contribution is 0.0299. The Bertz CT molecular complexity index is 794. The molecule has 1 saturated heterocycles. The molecule has 0 aliphatic carbocycles. The average Bonchev–Trinajstić information content (AvgIpc) is 2.62. The summed E-state index contributed by atoms with van der Waals surface area (Å²) in [6.45, 7) is 4.00. The lowest BCUT2D eigenvalue weighted by atomic mass is 10.2. The summed E-state index contributed by atoms with van der Waals surface area (Å²) in [5.74, 6) is 0.162. The van der Waals surface area contributed by atoms with E-state index in [-0.39, 0.29) is 5.91 Å². The Labute approximate surface area is 139 Å². The fourth-order valence-electron chi connectivity index (χ4n) is 2.47. The summed E-state index contributed by atoms with van der Waals surface area (Å²) in [7, 11) is 0. The number of carbonyl (C=O) groups is 1. The monoisotopic (exact) mass is 323 g/mol. The standard InChI is InChI=1S/C17H17N5O2/c1-12-10-15(16(23)22-6-8-24-9-7-22)21-17(19-12)20-14-5-3-2-4-13(14)11-18/h2-5,10H,6-9H2,1H3,(H,19,20,21). The fraction of sp³-hybridized carbons (Fsp3) is 0.294. The molecule has 2 heterocycles. The van der Waals surface area contributed by atoms with Crippen LogP contribution >= 0.6 is 0 Å². The summed E-state index contributed by atoms with van der Waals surface area (Å²) < 4.78 is 5.27. The molecule has 24 heavy (non-hydrogen) atoms. The quantitative estimate of drug-likeness (QED) is 0.927. The Hall–Kier alpha value is -2.98. The van der Waals surface area contributed by atoms with E-state index in [1.54, 1.807) is 36.1 Å². The van der Waals surface area contributed by atoms with Gasteiger partial charge in [0.25, 0.3) is 5.91 Å². The molecule has 1 aliphatic rings. The number of nitrogens with one attached hydrogen (secondary N) is 1. The number of aryl methyl sites for hydroxylation is 1. The molecule has 1 N–H and O–H groups in total. The number of hydrogen-bond acceptors (Lipinski definition) is 6. The van der Waals surface area contributed by atoms with Crippen LogP contribution in [0.5, 0.6) is 0 Å². The van der Waals surface area contributed by atoms with Crippen molar-refractivity contribution in [3.63, 3.8) is 0 Å². The van der Waals surface area contributed by atoms with Gasteiger partial charge in [-0.2, -0.15) is 5.26 Å². The van der Waals surface area contributed by atoms with Crippen LogP contribution in [0.3, 0.4) is 0 Å². The summed E-state index contributed by atoms with van der Waals surface area (Å²) >= 11 is 0. The third-order valence-corrected chi connectivity index (χ3v) is 3.67. The van der Waals surface area contributed by atoms with Crippen molar-refractivity contribution in [3.8, 4) is 6.07 Å². The summed E-state index contributed by atoms with van der Waals surface area (Å²) in [5, 5.41) is 12.2. The number of rotatable bonds is 3. The molecule has 0 unspecified atom stereocenters. The largest absolute Gasteiger partial charge is 0.378 e. The Morgan fingerprint density at radius 1 is 1.29 bits per heavy atom. The molecular formula is C17H17N5O2. The molecular weight excluding hydrogens is 306 g/mol. The lowest BCUT2D eigenvalue weighted by Crippen LogP contribution is -2.41. The minimum atomic E-state index is -0.139. The van der Waals surface area contributed by atoms with Crippen molar-refractivity contribution >= 4 is 17.5 Å². The van der Waals surface area contributed by atoms with Crippen LogP contribution in [-0.2, 0) is 4.74 Å². The molecule has 2 aromatic rings. The molecule has 7 nitrogen and oxygen atoms in total. The number of benzene rings is 1. The molecule has 7 heteroatoms. The van der Waals surface area contributed by atoms with Crippen molar-refractivity contribution in [2.45, 2.75) is 6.92 Å². The van der Waals surface area contributed by atoms with Crippen molar-refractivity contribution in [3.05, 3.63) is 47.3 Å². The van der Waals surface area contributed by atoms with E-state index < -0.39 is 0 Å². The predicted octanol–water partition coefficient (Wildman–Crippen LogP) is 1.87. The Morgan fingerprint density at radius 3 is 2.79 bits per heavy atom. The van der Waals surface area contributed by atoms with Crippen LogP contribution in [0, 0.1) is 18.3 Å². The SMILES string of the molecule is Cc1cc(C(=O)N2CCOCC2)nc(Nc2ccccc2C#N)n1. The molecule has 1 aliphatic heterocycles. The minimum Gasteiger partial charge on any atom is -0.378 e. The van der Waals surface area contributed by atoms with Gasteiger partial charge in [-0.25, -0.2) is 9.97 Å². The third kappa shape index (κ3) is 3.50. The number of ether oxygens (including phenoxy) is 1. The maximum absolute atomic E-state index is 12.6. The molecule has 0 radical (unpaired) electrons. The second-order valence-electron chi connectivity index (χ2n) is 5.41. The van der Waals surface area contributed by atoms with Crippen LogP contribution in [0.4, 0.5) is 11.6 Å². The molecule has 0 atom stereocenters. The number of hydrogen-bond donors (Lipinski definition) is 1. The first kappa shape index (κ1) is 15.9. The van der Waals surface area contributed by atoms with Gasteiger partial charge in [0.15, 0.2) is 0 Å². The Balaban J connectivity index is 1.86. The van der Waals surface area contributed by atoms with Crippen molar-refractivity contribution in [1.82, 2.24) is 14.9 Å². The van der Waals surface area contributed by atoms with Gasteiger partial charge in [-0.05, 0) is 25.1 Å². The second-order valence-corrected chi connectivity index (χ2v) is 5.41. The molecule has 0 bridgehead atoms. The summed E-state index contributed by atoms with van der Waals surface area (Å²) in [5.41, 5.74) is 2.11. The molecule has 1 amide bonds. The zero-order valence-electron chi connectivity index (χ0n) is 13.3. The normalized spacial score (nSPS) is 14.1. The molecule has 0 spiro atoms. The van der Waals surface area contributed by atoms with Crippen molar-refractivity contribution in [1.29, 1.82) is 5.26 Å². The first-order chi connectivity index (χ1) is 11.7. The second kappa shape index (κ2) is 7.06. The maximum Gasteiger partial charge on any atom is 0.272 e. The summed E-state index contributed by atoms with van der Waals surface area (Å²) in [6.07, 6.45) is 0. The van der Waals surface area contributed by atoms with E-state index in [0.717, 1.165) is 0 Å². The van der Waals surface area contributed by atoms with E-state index in [4.69, 9.17) is 10.00 Å². The molecule has 3 rings (SSSR count). The lowest BCUT2D eigenvalue weighted by Gasteiger charge is -2.26. The highest BCUT2D eigenvalue weighted by Gasteiger charge is 2.20. The van der Waals surface area contributed by atoms with Gasteiger partial charge in [-0.15, -0.1) is 0 Å². The zero-order chi connectivity index (χ0) is 16.9. The molecule has 122 valence electrons. The highest BCUT2D eigenvalue weighted by molar-refractivity contribution is 5.92. The van der Waals surface area contributed by atoms with Crippen LogP contribution < -0.4 is 5.32 Å². The van der Waals surface area contributed by atoms with E-state index in [9.17, 15) is 4.79 Å². The fourth-order valence-corrected chi connectivity index (χ4v) is 2.47. The van der Waals surface area contributed by atoms with E-state index in [1.165, 1.54) is 0 Å². The molecule has 1 aromatic carbocycles. The van der Waals surface area contributed by atoms with E-state index >= 15 is 0 Å². The van der Waals surface area contributed by atoms with Gasteiger partial charge in [-0.1, -0.05) is 12.1 Å². The number of carbonyl (C=O) groups excluding carboxylic acids is 1. The average molecular weight is 323 g/mol. The number of para-hydroxylation sites is 1. The van der Waals surface area contributed by atoms with Gasteiger partial charge in [-0.3, -0.25) is 4.79 Å². The van der Waals surface area contributed by atoms with Crippen LogP contribution in [0.2, 0.25) is 0 Å². The van der Waals surface area contributed by atoms with Gasteiger partial charge < -0.3 is 15.0 Å². The Kier molecular flexibility index (Phi) is 4.68. The number of anilines is 2. The molecule has 0 saturated carbocycles. The van der Waals surface area contributed by atoms with E-state index in [1.807, 2.05) is 6.07 Å². The van der Waals surface area contributed by atoms with Crippen LogP contribution in [0.1, 0.15) is 21.7 Å². The van der Waals surface area contributed by atoms with Gasteiger partial charge in [0.05, 0.1) is 24.5 Å².